The van der Waals surface area contributed by atoms with Gasteiger partial charge in [-0.3, -0.25) is 0 Å². The zero-order chi connectivity index (χ0) is 10.6. The van der Waals surface area contributed by atoms with Crippen LogP contribution in [-0.2, 0) is 19.3 Å². The molecule has 0 radical (unpaired) electrons. The molecule has 1 saturated heterocycles. The number of rotatable bonds is 4. The van der Waals surface area contributed by atoms with Crippen molar-refractivity contribution >= 4 is 9.84 Å². The van der Waals surface area contributed by atoms with Crippen LogP contribution in [0.4, 0.5) is 0 Å². The molecule has 2 N–H and O–H groups in total. The van der Waals surface area contributed by atoms with E-state index in [1.807, 2.05) is 0 Å². The minimum absolute atomic E-state index is 0.105. The monoisotopic (exact) mass is 223 g/mol. The average molecular weight is 223 g/mol. The lowest BCUT2D eigenvalue weighted by Gasteiger charge is -2.27. The Bertz CT molecular complexity index is 259. The van der Waals surface area contributed by atoms with Gasteiger partial charge in [-0.1, -0.05) is 0 Å². The third-order valence-electron chi connectivity index (χ3n) is 2.14. The summed E-state index contributed by atoms with van der Waals surface area (Å²) in [5.41, 5.74) is 5.79. The number of hydrogen-bond acceptors (Lipinski definition) is 5. The number of hydrogen-bond donors (Lipinski definition) is 1. The van der Waals surface area contributed by atoms with Crippen molar-refractivity contribution < 1.29 is 17.9 Å². The van der Waals surface area contributed by atoms with Gasteiger partial charge < -0.3 is 15.2 Å². The summed E-state index contributed by atoms with van der Waals surface area (Å²) in [4.78, 5) is 0. The molecule has 0 saturated carbocycles. The van der Waals surface area contributed by atoms with E-state index in [1.54, 1.807) is 0 Å². The third kappa shape index (κ3) is 4.36. The predicted octanol–water partition coefficient (Wildman–Crippen LogP) is -0.836. The van der Waals surface area contributed by atoms with Gasteiger partial charge >= 0.3 is 0 Å². The largest absolute Gasteiger partial charge is 0.376 e. The van der Waals surface area contributed by atoms with Gasteiger partial charge in [0.25, 0.3) is 0 Å². The first-order valence-corrected chi connectivity index (χ1v) is 6.68. The van der Waals surface area contributed by atoms with E-state index in [0.717, 1.165) is 0 Å². The average Bonchev–Trinajstić information content (AvgIpc) is 2.14. The van der Waals surface area contributed by atoms with Gasteiger partial charge in [0.1, 0.15) is 9.84 Å². The van der Waals surface area contributed by atoms with E-state index in [9.17, 15) is 8.42 Å². The molecule has 14 heavy (non-hydrogen) atoms. The summed E-state index contributed by atoms with van der Waals surface area (Å²) in [6, 6.07) is -0.259. The molecular weight excluding hydrogens is 206 g/mol. The molecule has 84 valence electrons. The van der Waals surface area contributed by atoms with Crippen LogP contribution >= 0.6 is 0 Å². The van der Waals surface area contributed by atoms with Crippen LogP contribution in [0.15, 0.2) is 0 Å². The molecular formula is C8H17NO4S. The highest BCUT2D eigenvalue weighted by Crippen LogP contribution is 2.07. The van der Waals surface area contributed by atoms with Gasteiger partial charge in [0.15, 0.2) is 0 Å². The summed E-state index contributed by atoms with van der Waals surface area (Å²) in [6.07, 6.45) is 1.47. The highest BCUT2D eigenvalue weighted by Gasteiger charge is 2.22. The van der Waals surface area contributed by atoms with Crippen molar-refractivity contribution in [2.45, 2.75) is 18.6 Å². The Hall–Kier alpha value is -0.170. The second-order valence-electron chi connectivity index (χ2n) is 3.57. The zero-order valence-corrected chi connectivity index (χ0v) is 9.13. The molecule has 2 unspecified atom stereocenters. The van der Waals surface area contributed by atoms with E-state index >= 15 is 0 Å². The van der Waals surface area contributed by atoms with Crippen LogP contribution in [0.1, 0.15) is 6.42 Å². The molecule has 0 bridgehead atoms. The van der Waals surface area contributed by atoms with Gasteiger partial charge in [0.05, 0.1) is 31.7 Å². The van der Waals surface area contributed by atoms with E-state index in [-0.39, 0.29) is 17.9 Å². The molecule has 2 atom stereocenters. The molecule has 0 aliphatic carbocycles. The molecule has 0 aromatic rings. The molecule has 0 spiro atoms. The summed E-state index contributed by atoms with van der Waals surface area (Å²) in [7, 11) is -2.93. The second kappa shape index (κ2) is 5.06. The molecule has 1 aliphatic heterocycles. The van der Waals surface area contributed by atoms with Crippen LogP contribution < -0.4 is 5.73 Å². The quantitative estimate of drug-likeness (QED) is 0.672. The third-order valence-corrected chi connectivity index (χ3v) is 3.12. The van der Waals surface area contributed by atoms with Crippen LogP contribution in [0, 0.1) is 0 Å². The minimum Gasteiger partial charge on any atom is -0.376 e. The summed E-state index contributed by atoms with van der Waals surface area (Å²) < 4.78 is 32.3. The predicted molar refractivity (Wildman–Crippen MR) is 52.9 cm³/mol. The van der Waals surface area contributed by atoms with Crippen molar-refractivity contribution in [2.75, 3.05) is 31.8 Å². The highest BCUT2D eigenvalue weighted by molar-refractivity contribution is 7.90. The van der Waals surface area contributed by atoms with E-state index in [2.05, 4.69) is 0 Å². The topological polar surface area (TPSA) is 78.6 Å². The fourth-order valence-corrected chi connectivity index (χ4v) is 1.99. The molecule has 1 heterocycles. The van der Waals surface area contributed by atoms with Crippen molar-refractivity contribution in [3.63, 3.8) is 0 Å². The standard InChI is InChI=1S/C8H17NO4S/c1-14(10,11)5-2-7(9)8-6-12-3-4-13-8/h7-8H,2-6,9H2,1H3. The molecule has 5 nitrogen and oxygen atoms in total. The Morgan fingerprint density at radius 1 is 1.50 bits per heavy atom. The maximum atomic E-state index is 10.9. The van der Waals surface area contributed by atoms with Gasteiger partial charge in [-0.25, -0.2) is 8.42 Å². The Morgan fingerprint density at radius 3 is 2.71 bits per heavy atom. The summed E-state index contributed by atoms with van der Waals surface area (Å²) in [6.45, 7) is 1.59. The number of nitrogens with two attached hydrogens (primary N) is 1. The van der Waals surface area contributed by atoms with Crippen molar-refractivity contribution in [2.24, 2.45) is 5.73 Å². The smallest absolute Gasteiger partial charge is 0.147 e. The molecule has 0 aromatic heterocycles. The van der Waals surface area contributed by atoms with Crippen LogP contribution in [0.2, 0.25) is 0 Å². The molecule has 1 fully saturated rings. The normalized spacial score (nSPS) is 26.0. The first kappa shape index (κ1) is 11.9. The summed E-state index contributed by atoms with van der Waals surface area (Å²) in [5.74, 6) is 0.105. The first-order chi connectivity index (χ1) is 6.49. The Kier molecular flexibility index (Phi) is 4.31. The van der Waals surface area contributed by atoms with E-state index in [4.69, 9.17) is 15.2 Å². The number of ether oxygens (including phenoxy) is 2. The second-order valence-corrected chi connectivity index (χ2v) is 5.83. The van der Waals surface area contributed by atoms with Gasteiger partial charge in [-0.2, -0.15) is 0 Å². The number of sulfone groups is 1. The molecule has 0 aromatic carbocycles. The van der Waals surface area contributed by atoms with Gasteiger partial charge in [-0.05, 0) is 6.42 Å². The SMILES string of the molecule is CS(=O)(=O)CCC(N)C1COCCO1. The maximum absolute atomic E-state index is 10.9. The lowest BCUT2D eigenvalue weighted by molar-refractivity contribution is -0.0970. The van der Waals surface area contributed by atoms with Crippen molar-refractivity contribution in [1.82, 2.24) is 0 Å². The molecule has 1 aliphatic rings. The molecule has 0 amide bonds. The van der Waals surface area contributed by atoms with Gasteiger partial charge in [-0.15, -0.1) is 0 Å². The van der Waals surface area contributed by atoms with Crippen molar-refractivity contribution in [3.8, 4) is 0 Å². The lowest BCUT2D eigenvalue weighted by Crippen LogP contribution is -2.44. The Morgan fingerprint density at radius 2 is 2.21 bits per heavy atom. The van der Waals surface area contributed by atoms with E-state index in [1.165, 1.54) is 6.26 Å². The van der Waals surface area contributed by atoms with Crippen LogP contribution in [0.25, 0.3) is 0 Å². The lowest BCUT2D eigenvalue weighted by atomic mass is 10.1. The molecule has 6 heteroatoms. The van der Waals surface area contributed by atoms with Crippen molar-refractivity contribution in [1.29, 1.82) is 0 Å². The maximum Gasteiger partial charge on any atom is 0.147 e. The van der Waals surface area contributed by atoms with Crippen LogP contribution in [0.3, 0.4) is 0 Å². The van der Waals surface area contributed by atoms with Gasteiger partial charge in [0, 0.05) is 12.3 Å². The highest BCUT2D eigenvalue weighted by atomic mass is 32.2. The van der Waals surface area contributed by atoms with Crippen LogP contribution in [-0.4, -0.2) is 52.4 Å². The fourth-order valence-electron chi connectivity index (χ4n) is 1.29. The Balaban J connectivity index is 2.30. The summed E-state index contributed by atoms with van der Waals surface area (Å²) in [5, 5.41) is 0. The zero-order valence-electron chi connectivity index (χ0n) is 8.31. The van der Waals surface area contributed by atoms with Gasteiger partial charge in [0.2, 0.25) is 0 Å². The minimum atomic E-state index is -2.93. The first-order valence-electron chi connectivity index (χ1n) is 4.62. The van der Waals surface area contributed by atoms with Crippen molar-refractivity contribution in [3.05, 3.63) is 0 Å². The van der Waals surface area contributed by atoms with Crippen LogP contribution in [0.5, 0.6) is 0 Å². The van der Waals surface area contributed by atoms with E-state index < -0.39 is 9.84 Å². The van der Waals surface area contributed by atoms with E-state index in [0.29, 0.717) is 26.2 Å². The molecule has 1 rings (SSSR count). The fraction of sp³-hybridized carbons (Fsp3) is 1.00. The summed E-state index contributed by atoms with van der Waals surface area (Å²) >= 11 is 0. The Labute approximate surface area is 84.5 Å².